The van der Waals surface area contributed by atoms with Crippen LogP contribution in [0.15, 0.2) is 24.5 Å². The van der Waals surface area contributed by atoms with Gasteiger partial charge in [0.05, 0.1) is 24.4 Å². The third-order valence-electron chi connectivity index (χ3n) is 2.69. The number of rotatable bonds is 4. The highest BCUT2D eigenvalue weighted by molar-refractivity contribution is 6.32. The van der Waals surface area contributed by atoms with Gasteiger partial charge in [0, 0.05) is 6.07 Å². The molecule has 2 N–H and O–H groups in total. The van der Waals surface area contributed by atoms with Gasteiger partial charge in [-0.25, -0.2) is 9.78 Å². The molecule has 0 radical (unpaired) electrons. The summed E-state index contributed by atoms with van der Waals surface area (Å²) in [5.74, 6) is 0.160. The number of nitrogens with two attached hydrogens (primary N) is 1. The summed E-state index contributed by atoms with van der Waals surface area (Å²) in [6.45, 7) is 1.98. The van der Waals surface area contributed by atoms with Crippen molar-refractivity contribution in [2.24, 2.45) is 0 Å². The van der Waals surface area contributed by atoms with Crippen molar-refractivity contribution < 1.29 is 14.3 Å². The van der Waals surface area contributed by atoms with Gasteiger partial charge in [-0.2, -0.15) is 0 Å². The number of methoxy groups -OCH3 is 1. The van der Waals surface area contributed by atoms with Crippen molar-refractivity contribution in [3.05, 3.63) is 35.2 Å². The van der Waals surface area contributed by atoms with Crippen LogP contribution in [0.2, 0.25) is 5.02 Å². The van der Waals surface area contributed by atoms with Crippen LogP contribution < -0.4 is 10.5 Å². The predicted octanol–water partition coefficient (Wildman–Crippen LogP) is 2.29. The van der Waals surface area contributed by atoms with Crippen LogP contribution in [0.3, 0.4) is 0 Å². The molecule has 2 rings (SSSR count). The number of halogens is 1. The van der Waals surface area contributed by atoms with E-state index >= 15 is 0 Å². The molecule has 0 aliphatic carbocycles. The van der Waals surface area contributed by atoms with Gasteiger partial charge < -0.3 is 15.2 Å². The zero-order valence-corrected chi connectivity index (χ0v) is 11.8. The number of imidazole rings is 1. The van der Waals surface area contributed by atoms with Crippen LogP contribution in [-0.4, -0.2) is 29.2 Å². The normalized spacial score (nSPS) is 10.3. The molecule has 0 saturated heterocycles. The Kier molecular flexibility index (Phi) is 4.14. The number of hydrogen-bond acceptors (Lipinski definition) is 5. The van der Waals surface area contributed by atoms with Crippen LogP contribution >= 0.6 is 11.6 Å². The zero-order chi connectivity index (χ0) is 14.7. The molecule has 0 aliphatic rings. The highest BCUT2D eigenvalue weighted by atomic mass is 35.5. The largest absolute Gasteiger partial charge is 0.495 e. The van der Waals surface area contributed by atoms with Crippen LogP contribution in [-0.2, 0) is 4.74 Å². The van der Waals surface area contributed by atoms with Crippen LogP contribution in [0.4, 0.5) is 5.82 Å². The number of carbonyl (C=O) groups excluding carboxylic acids is 1. The van der Waals surface area contributed by atoms with Crippen molar-refractivity contribution in [1.82, 2.24) is 9.55 Å². The summed E-state index contributed by atoms with van der Waals surface area (Å²) in [7, 11) is 1.52. The summed E-state index contributed by atoms with van der Waals surface area (Å²) >= 11 is 5.97. The Balaban J connectivity index is 2.41. The summed E-state index contributed by atoms with van der Waals surface area (Å²) in [5.41, 5.74) is 6.69. The van der Waals surface area contributed by atoms with Gasteiger partial charge >= 0.3 is 5.97 Å². The molecule has 0 unspecified atom stereocenters. The highest BCUT2D eigenvalue weighted by Crippen LogP contribution is 2.28. The molecule has 0 amide bonds. The maximum absolute atomic E-state index is 11.7. The minimum atomic E-state index is -0.551. The Morgan fingerprint density at radius 3 is 2.90 bits per heavy atom. The van der Waals surface area contributed by atoms with E-state index in [0.717, 1.165) is 0 Å². The molecular weight excluding hydrogens is 282 g/mol. The molecule has 0 spiro atoms. The first-order valence-electron chi connectivity index (χ1n) is 5.92. The number of anilines is 1. The lowest BCUT2D eigenvalue weighted by molar-refractivity contribution is 0.0521. The predicted molar refractivity (Wildman–Crippen MR) is 75.5 cm³/mol. The first-order valence-corrected chi connectivity index (χ1v) is 6.30. The number of hydrogen-bond donors (Lipinski definition) is 1. The highest BCUT2D eigenvalue weighted by Gasteiger charge is 2.18. The molecule has 7 heteroatoms. The van der Waals surface area contributed by atoms with Gasteiger partial charge in [0.25, 0.3) is 0 Å². The van der Waals surface area contributed by atoms with Gasteiger partial charge in [-0.05, 0) is 19.1 Å². The molecule has 1 aromatic heterocycles. The van der Waals surface area contributed by atoms with Crippen molar-refractivity contribution >= 4 is 23.4 Å². The fourth-order valence-corrected chi connectivity index (χ4v) is 1.91. The van der Waals surface area contributed by atoms with Gasteiger partial charge in [-0.3, -0.25) is 4.57 Å². The van der Waals surface area contributed by atoms with E-state index < -0.39 is 5.97 Å². The Bertz CT molecular complexity index is 640. The average molecular weight is 296 g/mol. The van der Waals surface area contributed by atoms with E-state index in [1.807, 2.05) is 0 Å². The van der Waals surface area contributed by atoms with Crippen LogP contribution in [0, 0.1) is 0 Å². The number of benzene rings is 1. The molecule has 106 valence electrons. The first-order chi connectivity index (χ1) is 9.58. The fourth-order valence-electron chi connectivity index (χ4n) is 1.72. The van der Waals surface area contributed by atoms with Crippen LogP contribution in [0.5, 0.6) is 5.75 Å². The van der Waals surface area contributed by atoms with E-state index in [1.54, 1.807) is 29.7 Å². The number of ether oxygens (including phenoxy) is 2. The number of nitrogen functional groups attached to an aromatic ring is 1. The number of aromatic nitrogens is 2. The summed E-state index contributed by atoms with van der Waals surface area (Å²) in [6.07, 6.45) is 1.45. The standard InChI is InChI=1S/C13H14ClN3O3/c1-3-20-13(18)11-12(15)17(7-16-11)8-4-5-9(14)10(6-8)19-2/h4-7H,3,15H2,1-2H3. The van der Waals surface area contributed by atoms with Crippen molar-refractivity contribution in [3.8, 4) is 11.4 Å². The zero-order valence-electron chi connectivity index (χ0n) is 11.1. The topological polar surface area (TPSA) is 79.4 Å². The third kappa shape index (κ3) is 2.55. The molecule has 0 atom stereocenters. The van der Waals surface area contributed by atoms with Crippen molar-refractivity contribution in [2.45, 2.75) is 6.92 Å². The minimum absolute atomic E-state index is 0.0840. The summed E-state index contributed by atoms with van der Waals surface area (Å²) in [5, 5.41) is 0.487. The molecule has 0 saturated carbocycles. The molecule has 1 aromatic carbocycles. The molecule has 1 heterocycles. The number of nitrogens with zero attached hydrogens (tertiary/aromatic N) is 2. The molecule has 0 bridgehead atoms. The van der Waals surface area contributed by atoms with Crippen LogP contribution in [0.1, 0.15) is 17.4 Å². The van der Waals surface area contributed by atoms with E-state index in [0.29, 0.717) is 16.5 Å². The maximum atomic E-state index is 11.7. The molecule has 0 fully saturated rings. The lowest BCUT2D eigenvalue weighted by atomic mass is 10.3. The van der Waals surface area contributed by atoms with Crippen LogP contribution in [0.25, 0.3) is 5.69 Å². The molecule has 0 aliphatic heterocycles. The minimum Gasteiger partial charge on any atom is -0.495 e. The van der Waals surface area contributed by atoms with E-state index in [-0.39, 0.29) is 18.1 Å². The Labute approximate surface area is 121 Å². The van der Waals surface area contributed by atoms with Gasteiger partial charge in [0.1, 0.15) is 17.9 Å². The van der Waals surface area contributed by atoms with E-state index in [1.165, 1.54) is 13.4 Å². The Hall–Kier alpha value is -2.21. The van der Waals surface area contributed by atoms with E-state index in [2.05, 4.69) is 4.98 Å². The van der Waals surface area contributed by atoms with Gasteiger partial charge in [0.2, 0.25) is 0 Å². The molecule has 6 nitrogen and oxygen atoms in total. The fraction of sp³-hybridized carbons (Fsp3) is 0.231. The van der Waals surface area contributed by atoms with E-state index in [9.17, 15) is 4.79 Å². The smallest absolute Gasteiger partial charge is 0.360 e. The number of esters is 1. The second kappa shape index (κ2) is 5.83. The molecular formula is C13H14ClN3O3. The maximum Gasteiger partial charge on any atom is 0.360 e. The average Bonchev–Trinajstić information content (AvgIpc) is 2.81. The monoisotopic (exact) mass is 295 g/mol. The lowest BCUT2D eigenvalue weighted by Gasteiger charge is -2.09. The Morgan fingerprint density at radius 2 is 2.25 bits per heavy atom. The third-order valence-corrected chi connectivity index (χ3v) is 3.00. The van der Waals surface area contributed by atoms with Gasteiger partial charge in [0.15, 0.2) is 5.69 Å². The van der Waals surface area contributed by atoms with Crippen molar-refractivity contribution in [1.29, 1.82) is 0 Å². The summed E-state index contributed by atoms with van der Waals surface area (Å²) in [4.78, 5) is 15.6. The Morgan fingerprint density at radius 1 is 1.50 bits per heavy atom. The summed E-state index contributed by atoms with van der Waals surface area (Å²) < 4.78 is 11.6. The van der Waals surface area contributed by atoms with E-state index in [4.69, 9.17) is 26.8 Å². The SMILES string of the molecule is CCOC(=O)c1ncn(-c2ccc(Cl)c(OC)c2)c1N. The van der Waals surface area contributed by atoms with Crippen molar-refractivity contribution in [3.63, 3.8) is 0 Å². The van der Waals surface area contributed by atoms with Gasteiger partial charge in [-0.15, -0.1) is 0 Å². The first kappa shape index (κ1) is 14.2. The molecule has 2 aromatic rings. The second-order valence-corrected chi connectivity index (χ2v) is 4.29. The lowest BCUT2D eigenvalue weighted by Crippen LogP contribution is -2.09. The quantitative estimate of drug-likeness (QED) is 0.876. The second-order valence-electron chi connectivity index (χ2n) is 3.89. The van der Waals surface area contributed by atoms with Gasteiger partial charge in [-0.1, -0.05) is 11.6 Å². The number of carbonyl (C=O) groups is 1. The summed E-state index contributed by atoms with van der Waals surface area (Å²) in [6, 6.07) is 5.13. The molecule has 20 heavy (non-hydrogen) atoms. The van der Waals surface area contributed by atoms with Crippen molar-refractivity contribution in [2.75, 3.05) is 19.5 Å².